The van der Waals surface area contributed by atoms with Gasteiger partial charge in [0.2, 0.25) is 0 Å². The minimum Gasteiger partial charge on any atom is -0.478 e. The van der Waals surface area contributed by atoms with Gasteiger partial charge in [-0.3, -0.25) is 0 Å². The first-order valence-corrected chi connectivity index (χ1v) is 7.46. The number of carboxylic acid groups (broad SMARTS) is 1. The molecule has 0 saturated carbocycles. The lowest BCUT2D eigenvalue weighted by atomic mass is 9.87. The number of fused-ring (bicyclic) bond motifs is 1. The van der Waals surface area contributed by atoms with Gasteiger partial charge in [0, 0.05) is 10.9 Å². The summed E-state index contributed by atoms with van der Waals surface area (Å²) in [5.41, 5.74) is 2.23. The standard InChI is InChI=1S/C19H15ClO2/c1-12(15-6-2-3-7-17(15)19(21)22)16-8-4-5-13-9-10-14(20)11-18(13)16/h2-12H,1H3,(H,21,22). The van der Waals surface area contributed by atoms with Gasteiger partial charge in [0.15, 0.2) is 0 Å². The van der Waals surface area contributed by atoms with Crippen molar-refractivity contribution in [3.05, 3.63) is 82.4 Å². The summed E-state index contributed by atoms with van der Waals surface area (Å²) in [5, 5.41) is 12.2. The van der Waals surface area contributed by atoms with Crippen LogP contribution in [0.25, 0.3) is 10.8 Å². The number of benzene rings is 3. The average molecular weight is 311 g/mol. The molecule has 0 fully saturated rings. The van der Waals surface area contributed by atoms with Crippen molar-refractivity contribution >= 4 is 28.3 Å². The van der Waals surface area contributed by atoms with Gasteiger partial charge in [-0.15, -0.1) is 0 Å². The highest BCUT2D eigenvalue weighted by atomic mass is 35.5. The molecule has 0 aliphatic carbocycles. The molecule has 3 aromatic carbocycles. The van der Waals surface area contributed by atoms with Crippen molar-refractivity contribution in [1.82, 2.24) is 0 Å². The smallest absolute Gasteiger partial charge is 0.335 e. The van der Waals surface area contributed by atoms with Gasteiger partial charge >= 0.3 is 5.97 Å². The van der Waals surface area contributed by atoms with Crippen LogP contribution < -0.4 is 0 Å². The van der Waals surface area contributed by atoms with Crippen LogP contribution in [0.2, 0.25) is 5.02 Å². The summed E-state index contributed by atoms with van der Waals surface area (Å²) in [7, 11) is 0. The Morgan fingerprint density at radius 1 is 1.00 bits per heavy atom. The minimum absolute atomic E-state index is 0.0329. The van der Waals surface area contributed by atoms with E-state index >= 15 is 0 Å². The lowest BCUT2D eigenvalue weighted by molar-refractivity contribution is 0.0695. The third-order valence-electron chi connectivity index (χ3n) is 4.00. The van der Waals surface area contributed by atoms with E-state index in [4.69, 9.17) is 11.6 Å². The van der Waals surface area contributed by atoms with E-state index in [2.05, 4.69) is 0 Å². The zero-order chi connectivity index (χ0) is 15.7. The van der Waals surface area contributed by atoms with E-state index in [0.29, 0.717) is 10.6 Å². The first kappa shape index (κ1) is 14.6. The minimum atomic E-state index is -0.902. The normalized spacial score (nSPS) is 12.3. The Balaban J connectivity index is 2.20. The van der Waals surface area contributed by atoms with E-state index < -0.39 is 5.97 Å². The monoisotopic (exact) mass is 310 g/mol. The van der Waals surface area contributed by atoms with Crippen LogP contribution in [0.15, 0.2) is 60.7 Å². The molecule has 0 radical (unpaired) electrons. The summed E-state index contributed by atoms with van der Waals surface area (Å²) in [4.78, 5) is 11.5. The van der Waals surface area contributed by atoms with Crippen LogP contribution in [0.3, 0.4) is 0 Å². The Morgan fingerprint density at radius 3 is 2.50 bits per heavy atom. The largest absolute Gasteiger partial charge is 0.478 e. The van der Waals surface area contributed by atoms with E-state index in [-0.39, 0.29) is 5.92 Å². The summed E-state index contributed by atoms with van der Waals surface area (Å²) < 4.78 is 0. The van der Waals surface area contributed by atoms with Crippen LogP contribution in [-0.2, 0) is 0 Å². The summed E-state index contributed by atoms with van der Waals surface area (Å²) in [6.07, 6.45) is 0. The van der Waals surface area contributed by atoms with Crippen molar-refractivity contribution in [1.29, 1.82) is 0 Å². The molecule has 0 amide bonds. The predicted molar refractivity (Wildman–Crippen MR) is 89.9 cm³/mol. The number of hydrogen-bond acceptors (Lipinski definition) is 1. The molecule has 0 aliphatic rings. The first-order valence-electron chi connectivity index (χ1n) is 7.08. The fourth-order valence-corrected chi connectivity index (χ4v) is 3.06. The maximum absolute atomic E-state index is 11.5. The number of carbonyl (C=O) groups is 1. The first-order chi connectivity index (χ1) is 10.6. The SMILES string of the molecule is CC(c1ccccc1C(=O)O)c1cccc2ccc(Cl)cc12. The predicted octanol–water partition coefficient (Wildman–Crippen LogP) is 5.34. The molecule has 0 bridgehead atoms. The molecule has 0 spiro atoms. The fraction of sp³-hybridized carbons (Fsp3) is 0.105. The molecular formula is C19H15ClO2. The molecule has 0 aliphatic heterocycles. The Bertz CT molecular complexity index is 855. The van der Waals surface area contributed by atoms with Gasteiger partial charge in [0.05, 0.1) is 5.56 Å². The zero-order valence-electron chi connectivity index (χ0n) is 12.1. The molecular weight excluding hydrogens is 296 g/mol. The number of aromatic carboxylic acids is 1. The molecule has 110 valence electrons. The van der Waals surface area contributed by atoms with Gasteiger partial charge in [-0.05, 0) is 40.1 Å². The van der Waals surface area contributed by atoms with E-state index in [9.17, 15) is 9.90 Å². The Morgan fingerprint density at radius 2 is 1.73 bits per heavy atom. The van der Waals surface area contributed by atoms with Crippen LogP contribution in [0, 0.1) is 0 Å². The third-order valence-corrected chi connectivity index (χ3v) is 4.24. The molecule has 22 heavy (non-hydrogen) atoms. The zero-order valence-corrected chi connectivity index (χ0v) is 12.8. The second-order valence-electron chi connectivity index (χ2n) is 5.33. The van der Waals surface area contributed by atoms with Crippen LogP contribution in [0.1, 0.15) is 34.3 Å². The summed E-state index contributed by atoms with van der Waals surface area (Å²) in [6.45, 7) is 2.03. The lowest BCUT2D eigenvalue weighted by Gasteiger charge is -2.17. The van der Waals surface area contributed by atoms with Gasteiger partial charge in [0.25, 0.3) is 0 Å². The van der Waals surface area contributed by atoms with Crippen molar-refractivity contribution in [2.45, 2.75) is 12.8 Å². The molecule has 3 rings (SSSR count). The maximum atomic E-state index is 11.5. The molecule has 0 aromatic heterocycles. The Labute approximate surface area is 134 Å². The highest BCUT2D eigenvalue weighted by molar-refractivity contribution is 6.31. The summed E-state index contributed by atoms with van der Waals surface area (Å²) in [5.74, 6) is -0.935. The molecule has 0 saturated heterocycles. The van der Waals surface area contributed by atoms with Crippen molar-refractivity contribution in [3.63, 3.8) is 0 Å². The second-order valence-corrected chi connectivity index (χ2v) is 5.76. The van der Waals surface area contributed by atoms with Crippen molar-refractivity contribution in [2.75, 3.05) is 0 Å². The molecule has 3 heteroatoms. The van der Waals surface area contributed by atoms with E-state index in [1.807, 2.05) is 55.5 Å². The van der Waals surface area contributed by atoms with E-state index in [0.717, 1.165) is 21.9 Å². The molecule has 1 atom stereocenters. The van der Waals surface area contributed by atoms with E-state index in [1.165, 1.54) is 0 Å². The van der Waals surface area contributed by atoms with Gasteiger partial charge in [-0.25, -0.2) is 4.79 Å². The number of carboxylic acids is 1. The van der Waals surface area contributed by atoms with Crippen LogP contribution in [0.5, 0.6) is 0 Å². The molecule has 2 nitrogen and oxygen atoms in total. The maximum Gasteiger partial charge on any atom is 0.335 e. The summed E-state index contributed by atoms with van der Waals surface area (Å²) >= 11 is 6.13. The average Bonchev–Trinajstić information content (AvgIpc) is 2.53. The van der Waals surface area contributed by atoms with Crippen molar-refractivity contribution in [2.24, 2.45) is 0 Å². The third kappa shape index (κ3) is 2.58. The lowest BCUT2D eigenvalue weighted by Crippen LogP contribution is -2.06. The molecule has 3 aromatic rings. The molecule has 1 N–H and O–H groups in total. The molecule has 0 heterocycles. The quantitative estimate of drug-likeness (QED) is 0.708. The van der Waals surface area contributed by atoms with Gasteiger partial charge in [-0.1, -0.05) is 61.0 Å². The van der Waals surface area contributed by atoms with Gasteiger partial charge in [-0.2, -0.15) is 0 Å². The summed E-state index contributed by atoms with van der Waals surface area (Å²) in [6, 6.07) is 19.0. The molecule has 1 unspecified atom stereocenters. The van der Waals surface area contributed by atoms with Crippen LogP contribution in [0.4, 0.5) is 0 Å². The second kappa shape index (κ2) is 5.82. The van der Waals surface area contributed by atoms with Crippen LogP contribution in [-0.4, -0.2) is 11.1 Å². The number of rotatable bonds is 3. The highest BCUT2D eigenvalue weighted by Gasteiger charge is 2.18. The Kier molecular flexibility index (Phi) is 3.86. The van der Waals surface area contributed by atoms with Crippen molar-refractivity contribution < 1.29 is 9.90 Å². The Hall–Kier alpha value is -2.32. The topological polar surface area (TPSA) is 37.3 Å². The fourth-order valence-electron chi connectivity index (χ4n) is 2.88. The van der Waals surface area contributed by atoms with Gasteiger partial charge in [0.1, 0.15) is 0 Å². The van der Waals surface area contributed by atoms with E-state index in [1.54, 1.807) is 12.1 Å². The number of hydrogen-bond donors (Lipinski definition) is 1. The van der Waals surface area contributed by atoms with Gasteiger partial charge < -0.3 is 5.11 Å². The van der Waals surface area contributed by atoms with Crippen LogP contribution >= 0.6 is 11.6 Å². The highest BCUT2D eigenvalue weighted by Crippen LogP contribution is 2.33. The van der Waals surface area contributed by atoms with Crippen molar-refractivity contribution in [3.8, 4) is 0 Å². The number of halogens is 1.